The van der Waals surface area contributed by atoms with Gasteiger partial charge in [0.15, 0.2) is 0 Å². The Morgan fingerprint density at radius 2 is 1.76 bits per heavy atom. The summed E-state index contributed by atoms with van der Waals surface area (Å²) >= 11 is 0. The van der Waals surface area contributed by atoms with E-state index < -0.39 is 6.04 Å². The molecule has 4 nitrogen and oxygen atoms in total. The zero-order valence-corrected chi connectivity index (χ0v) is 13.0. The Kier molecular flexibility index (Phi) is 4.52. The van der Waals surface area contributed by atoms with E-state index in [0.717, 1.165) is 0 Å². The van der Waals surface area contributed by atoms with Crippen molar-refractivity contribution < 1.29 is 9.18 Å². The first-order valence-electron chi connectivity index (χ1n) is 7.34. The van der Waals surface area contributed by atoms with Crippen LogP contribution in [0.5, 0.6) is 0 Å². The number of nitrogens with zero attached hydrogens (tertiary/aromatic N) is 2. The molecule has 1 saturated heterocycles. The molecule has 1 aliphatic rings. The van der Waals surface area contributed by atoms with Gasteiger partial charge in [-0.1, -0.05) is 32.9 Å². The highest BCUT2D eigenvalue weighted by Crippen LogP contribution is 2.22. The summed E-state index contributed by atoms with van der Waals surface area (Å²) in [6.45, 7) is 8.31. The third-order valence-electron chi connectivity index (χ3n) is 3.98. The lowest BCUT2D eigenvalue weighted by Gasteiger charge is -2.39. The fourth-order valence-corrected chi connectivity index (χ4v) is 2.44. The van der Waals surface area contributed by atoms with E-state index in [-0.39, 0.29) is 17.1 Å². The van der Waals surface area contributed by atoms with Gasteiger partial charge in [-0.25, -0.2) is 4.39 Å². The van der Waals surface area contributed by atoms with Crippen molar-refractivity contribution in [3.63, 3.8) is 0 Å². The SMILES string of the molecule is CC(C)(C)C(N)C(=O)N1CCN(c2ccccc2F)CC1. The van der Waals surface area contributed by atoms with E-state index in [1.807, 2.05) is 31.7 Å². The molecular formula is C16H24FN3O. The van der Waals surface area contributed by atoms with Crippen molar-refractivity contribution in [1.29, 1.82) is 0 Å². The van der Waals surface area contributed by atoms with Gasteiger partial charge in [0.1, 0.15) is 5.82 Å². The molecule has 0 spiro atoms. The first-order chi connectivity index (χ1) is 9.80. The molecule has 1 heterocycles. The number of carbonyl (C=O) groups is 1. The summed E-state index contributed by atoms with van der Waals surface area (Å²) in [7, 11) is 0. The first-order valence-corrected chi connectivity index (χ1v) is 7.34. The number of para-hydroxylation sites is 1. The molecule has 116 valence electrons. The van der Waals surface area contributed by atoms with Gasteiger partial charge in [-0.05, 0) is 17.5 Å². The Hall–Kier alpha value is -1.62. The number of benzene rings is 1. The summed E-state index contributed by atoms with van der Waals surface area (Å²) in [5, 5.41) is 0. The highest BCUT2D eigenvalue weighted by molar-refractivity contribution is 5.82. The van der Waals surface area contributed by atoms with E-state index in [2.05, 4.69) is 0 Å². The zero-order valence-electron chi connectivity index (χ0n) is 13.0. The van der Waals surface area contributed by atoms with Crippen LogP contribution in [0.15, 0.2) is 24.3 Å². The van der Waals surface area contributed by atoms with Crippen LogP contribution in [0.1, 0.15) is 20.8 Å². The number of nitrogens with two attached hydrogens (primary N) is 1. The van der Waals surface area contributed by atoms with Crippen molar-refractivity contribution in [2.45, 2.75) is 26.8 Å². The van der Waals surface area contributed by atoms with Gasteiger partial charge in [0.2, 0.25) is 5.91 Å². The molecule has 1 unspecified atom stereocenters. The van der Waals surface area contributed by atoms with Crippen LogP contribution >= 0.6 is 0 Å². The fraction of sp³-hybridized carbons (Fsp3) is 0.562. The molecule has 5 heteroatoms. The van der Waals surface area contributed by atoms with Gasteiger partial charge >= 0.3 is 0 Å². The van der Waals surface area contributed by atoms with Gasteiger partial charge in [-0.3, -0.25) is 4.79 Å². The molecule has 2 N–H and O–H groups in total. The lowest BCUT2D eigenvalue weighted by atomic mass is 9.86. The van der Waals surface area contributed by atoms with Crippen LogP contribution in [0.2, 0.25) is 0 Å². The number of rotatable bonds is 2. The van der Waals surface area contributed by atoms with Crippen LogP contribution in [0.3, 0.4) is 0 Å². The van der Waals surface area contributed by atoms with Crippen molar-refractivity contribution in [3.05, 3.63) is 30.1 Å². The predicted octanol–water partition coefficient (Wildman–Crippen LogP) is 1.85. The van der Waals surface area contributed by atoms with Gasteiger partial charge in [-0.15, -0.1) is 0 Å². The van der Waals surface area contributed by atoms with E-state index in [1.54, 1.807) is 17.0 Å². The average molecular weight is 293 g/mol. The second-order valence-electron chi connectivity index (χ2n) is 6.61. The zero-order chi connectivity index (χ0) is 15.6. The smallest absolute Gasteiger partial charge is 0.240 e. The highest BCUT2D eigenvalue weighted by atomic mass is 19.1. The maximum atomic E-state index is 13.8. The quantitative estimate of drug-likeness (QED) is 0.905. The van der Waals surface area contributed by atoms with Gasteiger partial charge in [0.05, 0.1) is 11.7 Å². The van der Waals surface area contributed by atoms with Gasteiger partial charge in [0.25, 0.3) is 0 Å². The maximum absolute atomic E-state index is 13.8. The molecule has 21 heavy (non-hydrogen) atoms. The molecule has 1 amide bonds. The Morgan fingerprint density at radius 3 is 2.29 bits per heavy atom. The Morgan fingerprint density at radius 1 is 1.19 bits per heavy atom. The second kappa shape index (κ2) is 6.02. The van der Waals surface area contributed by atoms with Crippen LogP contribution in [0.25, 0.3) is 0 Å². The van der Waals surface area contributed by atoms with Crippen LogP contribution in [0, 0.1) is 11.2 Å². The summed E-state index contributed by atoms with van der Waals surface area (Å²) < 4.78 is 13.8. The lowest BCUT2D eigenvalue weighted by molar-refractivity contribution is -0.135. The molecule has 1 aliphatic heterocycles. The van der Waals surface area contributed by atoms with E-state index in [1.165, 1.54) is 6.07 Å². The molecule has 1 fully saturated rings. The predicted molar refractivity (Wildman–Crippen MR) is 82.6 cm³/mol. The minimum atomic E-state index is -0.502. The van der Waals surface area contributed by atoms with Crippen molar-refractivity contribution in [2.75, 3.05) is 31.1 Å². The molecule has 0 bridgehead atoms. The molecule has 1 atom stereocenters. The molecule has 0 radical (unpaired) electrons. The normalized spacial score (nSPS) is 17.8. The van der Waals surface area contributed by atoms with Crippen molar-refractivity contribution in [1.82, 2.24) is 4.90 Å². The summed E-state index contributed by atoms with van der Waals surface area (Å²) in [5.74, 6) is -0.237. The Bertz CT molecular complexity index is 504. The maximum Gasteiger partial charge on any atom is 0.240 e. The molecule has 1 aromatic carbocycles. The standard InChI is InChI=1S/C16H24FN3O/c1-16(2,3)14(18)15(21)20-10-8-19(9-11-20)13-7-5-4-6-12(13)17/h4-7,14H,8-11,18H2,1-3H3. The molecular weight excluding hydrogens is 269 g/mol. The number of anilines is 1. The highest BCUT2D eigenvalue weighted by Gasteiger charge is 2.32. The average Bonchev–Trinajstić information content (AvgIpc) is 2.45. The van der Waals surface area contributed by atoms with Crippen molar-refractivity contribution in [3.8, 4) is 0 Å². The summed E-state index contributed by atoms with van der Waals surface area (Å²) in [5.41, 5.74) is 6.38. The summed E-state index contributed by atoms with van der Waals surface area (Å²) in [4.78, 5) is 16.1. The molecule has 0 aliphatic carbocycles. The van der Waals surface area contributed by atoms with E-state index >= 15 is 0 Å². The van der Waals surface area contributed by atoms with Gasteiger partial charge in [0, 0.05) is 26.2 Å². The van der Waals surface area contributed by atoms with Gasteiger partial charge < -0.3 is 15.5 Å². The van der Waals surface area contributed by atoms with E-state index in [4.69, 9.17) is 5.73 Å². The monoisotopic (exact) mass is 293 g/mol. The van der Waals surface area contributed by atoms with Crippen LogP contribution in [-0.2, 0) is 4.79 Å². The van der Waals surface area contributed by atoms with Crippen LogP contribution in [0.4, 0.5) is 10.1 Å². The third kappa shape index (κ3) is 3.53. The third-order valence-corrected chi connectivity index (χ3v) is 3.98. The van der Waals surface area contributed by atoms with Gasteiger partial charge in [-0.2, -0.15) is 0 Å². The molecule has 2 rings (SSSR count). The first kappa shape index (κ1) is 15.8. The largest absolute Gasteiger partial charge is 0.366 e. The summed E-state index contributed by atoms with van der Waals surface area (Å²) in [6, 6.07) is 6.24. The minimum absolute atomic E-state index is 0.0179. The van der Waals surface area contributed by atoms with E-state index in [0.29, 0.717) is 31.9 Å². The number of amides is 1. The minimum Gasteiger partial charge on any atom is -0.366 e. The number of piperazine rings is 1. The number of carbonyl (C=O) groups excluding carboxylic acids is 1. The summed E-state index contributed by atoms with van der Waals surface area (Å²) in [6.07, 6.45) is 0. The van der Waals surface area contributed by atoms with Crippen LogP contribution < -0.4 is 10.6 Å². The number of hydrogen-bond donors (Lipinski definition) is 1. The number of hydrogen-bond acceptors (Lipinski definition) is 3. The molecule has 1 aromatic rings. The lowest BCUT2D eigenvalue weighted by Crippen LogP contribution is -2.56. The Labute approximate surface area is 125 Å². The second-order valence-corrected chi connectivity index (χ2v) is 6.61. The number of halogens is 1. The van der Waals surface area contributed by atoms with Crippen molar-refractivity contribution >= 4 is 11.6 Å². The van der Waals surface area contributed by atoms with Crippen molar-refractivity contribution in [2.24, 2.45) is 11.1 Å². The van der Waals surface area contributed by atoms with E-state index in [9.17, 15) is 9.18 Å². The molecule has 0 saturated carbocycles. The Balaban J connectivity index is 1.98. The molecule has 0 aromatic heterocycles. The fourth-order valence-electron chi connectivity index (χ4n) is 2.44. The van der Waals surface area contributed by atoms with Crippen LogP contribution in [-0.4, -0.2) is 43.0 Å². The topological polar surface area (TPSA) is 49.6 Å².